The van der Waals surface area contributed by atoms with E-state index in [1.165, 1.54) is 0 Å². The lowest BCUT2D eigenvalue weighted by molar-refractivity contribution is -0.147. The lowest BCUT2D eigenvalue weighted by Gasteiger charge is -2.17. The molecule has 1 aliphatic rings. The Labute approximate surface area is 92.8 Å². The van der Waals surface area contributed by atoms with Crippen LogP contribution in [0.15, 0.2) is 0 Å². The van der Waals surface area contributed by atoms with Crippen LogP contribution in [-0.2, 0) is 9.47 Å². The lowest BCUT2D eigenvalue weighted by Crippen LogP contribution is -2.22. The fourth-order valence-electron chi connectivity index (χ4n) is 2.11. The fourth-order valence-corrected chi connectivity index (χ4v) is 2.11. The van der Waals surface area contributed by atoms with E-state index in [1.807, 2.05) is 20.8 Å². The molecule has 3 nitrogen and oxygen atoms in total. The first-order valence-corrected chi connectivity index (χ1v) is 5.98. The van der Waals surface area contributed by atoms with Gasteiger partial charge in [-0.3, -0.25) is 0 Å². The summed E-state index contributed by atoms with van der Waals surface area (Å²) in [5, 5.41) is 9.18. The smallest absolute Gasteiger partial charge is 0.163 e. The molecule has 1 rings (SSSR count). The summed E-state index contributed by atoms with van der Waals surface area (Å²) in [5.41, 5.74) is 0. The molecule has 1 heterocycles. The first-order valence-electron chi connectivity index (χ1n) is 5.98. The highest BCUT2D eigenvalue weighted by molar-refractivity contribution is 4.80. The summed E-state index contributed by atoms with van der Waals surface area (Å²) in [5.74, 6) is -0.434. The molecule has 3 heteroatoms. The Balaban J connectivity index is 2.33. The van der Waals surface area contributed by atoms with Crippen molar-refractivity contribution < 1.29 is 14.6 Å². The fraction of sp³-hybridized carbons (Fsp3) is 1.00. The standard InChI is InChI=1S/C12H24O3/c1-5-10-11(8-6-7-9(2)13)15-12(3,4)14-10/h9-11,13H,5-8H2,1-4H3/t9?,10-,11-/m1/s1. The SMILES string of the molecule is CC[C@H]1OC(C)(C)O[C@@H]1CCCC(C)O. The molecule has 3 atom stereocenters. The molecule has 0 amide bonds. The van der Waals surface area contributed by atoms with Gasteiger partial charge < -0.3 is 14.6 Å². The van der Waals surface area contributed by atoms with Gasteiger partial charge >= 0.3 is 0 Å². The molecule has 0 aromatic rings. The average molecular weight is 216 g/mol. The summed E-state index contributed by atoms with van der Waals surface area (Å²) in [6.45, 7) is 7.87. The van der Waals surface area contributed by atoms with Gasteiger partial charge in [-0.2, -0.15) is 0 Å². The van der Waals surface area contributed by atoms with Crippen molar-refractivity contribution in [2.75, 3.05) is 0 Å². The molecule has 0 saturated carbocycles. The van der Waals surface area contributed by atoms with Crippen LogP contribution in [0.5, 0.6) is 0 Å². The molecule has 0 radical (unpaired) electrons. The van der Waals surface area contributed by atoms with Crippen molar-refractivity contribution in [2.24, 2.45) is 0 Å². The number of rotatable bonds is 5. The zero-order valence-corrected chi connectivity index (χ0v) is 10.3. The third-order valence-corrected chi connectivity index (χ3v) is 2.80. The number of hydrogen-bond acceptors (Lipinski definition) is 3. The van der Waals surface area contributed by atoms with Gasteiger partial charge in [-0.25, -0.2) is 0 Å². The zero-order chi connectivity index (χ0) is 11.5. The number of hydrogen-bond donors (Lipinski definition) is 1. The van der Waals surface area contributed by atoms with Crippen molar-refractivity contribution in [1.82, 2.24) is 0 Å². The van der Waals surface area contributed by atoms with Crippen LogP contribution in [0.4, 0.5) is 0 Å². The number of aliphatic hydroxyl groups excluding tert-OH is 1. The van der Waals surface area contributed by atoms with Crippen molar-refractivity contribution in [1.29, 1.82) is 0 Å². The quantitative estimate of drug-likeness (QED) is 0.767. The van der Waals surface area contributed by atoms with E-state index in [2.05, 4.69) is 6.92 Å². The van der Waals surface area contributed by atoms with E-state index in [4.69, 9.17) is 9.47 Å². The van der Waals surface area contributed by atoms with Crippen LogP contribution in [0, 0.1) is 0 Å². The molecule has 1 fully saturated rings. The highest BCUT2D eigenvalue weighted by Gasteiger charge is 2.39. The Morgan fingerprint density at radius 2 is 1.87 bits per heavy atom. The lowest BCUT2D eigenvalue weighted by atomic mass is 10.0. The minimum absolute atomic E-state index is 0.198. The van der Waals surface area contributed by atoms with Crippen molar-refractivity contribution >= 4 is 0 Å². The van der Waals surface area contributed by atoms with Crippen molar-refractivity contribution in [2.45, 2.75) is 77.5 Å². The summed E-state index contributed by atoms with van der Waals surface area (Å²) in [7, 11) is 0. The minimum atomic E-state index is -0.434. The molecule has 0 aliphatic carbocycles. The topological polar surface area (TPSA) is 38.7 Å². The van der Waals surface area contributed by atoms with Crippen LogP contribution in [-0.4, -0.2) is 29.2 Å². The van der Waals surface area contributed by atoms with E-state index in [-0.39, 0.29) is 18.3 Å². The minimum Gasteiger partial charge on any atom is -0.393 e. The normalized spacial score (nSPS) is 31.8. The van der Waals surface area contributed by atoms with Gasteiger partial charge in [0.25, 0.3) is 0 Å². The maximum absolute atomic E-state index is 9.18. The zero-order valence-electron chi connectivity index (χ0n) is 10.3. The Hall–Kier alpha value is -0.120. The van der Waals surface area contributed by atoms with Gasteiger partial charge in [0.15, 0.2) is 5.79 Å². The molecule has 0 aromatic heterocycles. The van der Waals surface area contributed by atoms with Gasteiger partial charge in [0.1, 0.15) is 0 Å². The molecule has 15 heavy (non-hydrogen) atoms. The van der Waals surface area contributed by atoms with E-state index in [0.717, 1.165) is 25.7 Å². The third kappa shape index (κ3) is 4.09. The molecule has 0 bridgehead atoms. The summed E-state index contributed by atoms with van der Waals surface area (Å²) in [4.78, 5) is 0. The predicted molar refractivity (Wildman–Crippen MR) is 59.6 cm³/mol. The summed E-state index contributed by atoms with van der Waals surface area (Å²) in [6, 6.07) is 0. The van der Waals surface area contributed by atoms with Gasteiger partial charge in [0.2, 0.25) is 0 Å². The van der Waals surface area contributed by atoms with Gasteiger partial charge in [-0.1, -0.05) is 6.92 Å². The highest BCUT2D eigenvalue weighted by atomic mass is 16.7. The highest BCUT2D eigenvalue weighted by Crippen LogP contribution is 2.32. The van der Waals surface area contributed by atoms with E-state index >= 15 is 0 Å². The molecule has 0 spiro atoms. The Morgan fingerprint density at radius 3 is 2.40 bits per heavy atom. The first-order chi connectivity index (χ1) is 6.94. The monoisotopic (exact) mass is 216 g/mol. The van der Waals surface area contributed by atoms with Crippen LogP contribution >= 0.6 is 0 Å². The van der Waals surface area contributed by atoms with E-state index in [9.17, 15) is 5.11 Å². The summed E-state index contributed by atoms with van der Waals surface area (Å²) in [6.07, 6.45) is 4.02. The largest absolute Gasteiger partial charge is 0.393 e. The second-order valence-electron chi connectivity index (χ2n) is 4.90. The van der Waals surface area contributed by atoms with Crippen LogP contribution in [0.3, 0.4) is 0 Å². The second-order valence-corrected chi connectivity index (χ2v) is 4.90. The van der Waals surface area contributed by atoms with Crippen LogP contribution in [0.1, 0.15) is 53.4 Å². The van der Waals surface area contributed by atoms with Gasteiger partial charge in [-0.15, -0.1) is 0 Å². The molecule has 0 aromatic carbocycles. The van der Waals surface area contributed by atoms with Crippen LogP contribution in [0.25, 0.3) is 0 Å². The average Bonchev–Trinajstić information content (AvgIpc) is 2.40. The summed E-state index contributed by atoms with van der Waals surface area (Å²) >= 11 is 0. The van der Waals surface area contributed by atoms with Gasteiger partial charge in [0, 0.05) is 0 Å². The Kier molecular flexibility index (Phi) is 4.56. The maximum Gasteiger partial charge on any atom is 0.163 e. The number of ether oxygens (including phenoxy) is 2. The Morgan fingerprint density at radius 1 is 1.27 bits per heavy atom. The van der Waals surface area contributed by atoms with Crippen LogP contribution in [0.2, 0.25) is 0 Å². The van der Waals surface area contributed by atoms with Crippen molar-refractivity contribution in [3.63, 3.8) is 0 Å². The number of aliphatic hydroxyl groups is 1. The van der Waals surface area contributed by atoms with E-state index in [0.29, 0.717) is 0 Å². The molecular weight excluding hydrogens is 192 g/mol. The second kappa shape index (κ2) is 5.28. The molecule has 90 valence electrons. The van der Waals surface area contributed by atoms with Crippen LogP contribution < -0.4 is 0 Å². The van der Waals surface area contributed by atoms with Crippen molar-refractivity contribution in [3.8, 4) is 0 Å². The van der Waals surface area contributed by atoms with Gasteiger partial charge in [0.05, 0.1) is 18.3 Å². The molecule has 1 N–H and O–H groups in total. The maximum atomic E-state index is 9.18. The predicted octanol–water partition coefficient (Wildman–Crippen LogP) is 2.47. The molecule has 1 aliphatic heterocycles. The molecule has 1 saturated heterocycles. The van der Waals surface area contributed by atoms with Gasteiger partial charge in [-0.05, 0) is 46.5 Å². The van der Waals surface area contributed by atoms with E-state index < -0.39 is 5.79 Å². The first kappa shape index (κ1) is 12.9. The molecule has 1 unspecified atom stereocenters. The Bertz CT molecular complexity index is 189. The summed E-state index contributed by atoms with van der Waals surface area (Å²) < 4.78 is 11.6. The van der Waals surface area contributed by atoms with E-state index in [1.54, 1.807) is 0 Å². The third-order valence-electron chi connectivity index (χ3n) is 2.80. The molecular formula is C12H24O3. The van der Waals surface area contributed by atoms with Crippen molar-refractivity contribution in [3.05, 3.63) is 0 Å².